The number of nitrogens with zero attached hydrogens (tertiary/aromatic N) is 1. The molecule has 0 saturated carbocycles. The van der Waals surface area contributed by atoms with Crippen LogP contribution in [0.1, 0.15) is 25.7 Å². The van der Waals surface area contributed by atoms with E-state index in [4.69, 9.17) is 9.84 Å². The van der Waals surface area contributed by atoms with E-state index in [-0.39, 0.29) is 17.5 Å². The van der Waals surface area contributed by atoms with Crippen molar-refractivity contribution < 1.29 is 18.3 Å². The van der Waals surface area contributed by atoms with Crippen molar-refractivity contribution in [1.29, 1.82) is 0 Å². The van der Waals surface area contributed by atoms with Gasteiger partial charge in [-0.2, -0.15) is 4.31 Å². The van der Waals surface area contributed by atoms with Crippen LogP contribution in [0.5, 0.6) is 5.75 Å². The topological polar surface area (TPSA) is 66.8 Å². The Bertz CT molecular complexity index is 525. The fourth-order valence-electron chi connectivity index (χ4n) is 2.61. The largest absolute Gasteiger partial charge is 0.497 e. The second-order valence-electron chi connectivity index (χ2n) is 4.95. The summed E-state index contributed by atoms with van der Waals surface area (Å²) in [5.41, 5.74) is 0. The van der Waals surface area contributed by atoms with Crippen molar-refractivity contribution >= 4 is 10.0 Å². The maximum absolute atomic E-state index is 12.7. The number of sulfonamides is 1. The zero-order valence-electron chi connectivity index (χ0n) is 11.7. The molecule has 0 spiro atoms. The van der Waals surface area contributed by atoms with Crippen molar-refractivity contribution in [3.05, 3.63) is 24.3 Å². The van der Waals surface area contributed by atoms with Crippen LogP contribution in [0.4, 0.5) is 0 Å². The molecule has 0 amide bonds. The Morgan fingerprint density at radius 3 is 2.60 bits per heavy atom. The summed E-state index contributed by atoms with van der Waals surface area (Å²) in [5, 5.41) is 9.10. The third-order valence-electron chi connectivity index (χ3n) is 3.70. The van der Waals surface area contributed by atoms with Crippen LogP contribution in [0, 0.1) is 0 Å². The molecule has 0 aliphatic carbocycles. The Morgan fingerprint density at radius 1 is 1.30 bits per heavy atom. The number of aliphatic hydroxyl groups excluding tert-OH is 1. The highest BCUT2D eigenvalue weighted by Crippen LogP contribution is 2.27. The second-order valence-corrected chi connectivity index (χ2v) is 6.84. The van der Waals surface area contributed by atoms with Gasteiger partial charge in [0.1, 0.15) is 5.75 Å². The SMILES string of the molecule is COc1ccc(S(=O)(=O)N2CCCCC2CCO)cc1. The van der Waals surface area contributed by atoms with E-state index in [1.54, 1.807) is 31.4 Å². The van der Waals surface area contributed by atoms with Gasteiger partial charge in [-0.05, 0) is 43.5 Å². The highest BCUT2D eigenvalue weighted by Gasteiger charge is 2.32. The number of rotatable bonds is 5. The van der Waals surface area contributed by atoms with Crippen molar-refractivity contribution in [2.75, 3.05) is 20.3 Å². The van der Waals surface area contributed by atoms with Gasteiger partial charge in [-0.25, -0.2) is 8.42 Å². The molecule has 1 N–H and O–H groups in total. The molecule has 1 unspecified atom stereocenters. The maximum atomic E-state index is 12.7. The van der Waals surface area contributed by atoms with Crippen LogP contribution in [0.3, 0.4) is 0 Å². The summed E-state index contributed by atoms with van der Waals surface area (Å²) >= 11 is 0. The van der Waals surface area contributed by atoms with Crippen LogP contribution in [0.15, 0.2) is 29.2 Å². The van der Waals surface area contributed by atoms with E-state index in [9.17, 15) is 8.42 Å². The van der Waals surface area contributed by atoms with Crippen LogP contribution in [0.25, 0.3) is 0 Å². The molecule has 1 saturated heterocycles. The maximum Gasteiger partial charge on any atom is 0.243 e. The molecule has 1 aliphatic rings. The van der Waals surface area contributed by atoms with E-state index in [2.05, 4.69) is 0 Å². The summed E-state index contributed by atoms with van der Waals surface area (Å²) in [5.74, 6) is 0.634. The fourth-order valence-corrected chi connectivity index (χ4v) is 4.33. The van der Waals surface area contributed by atoms with Gasteiger partial charge in [-0.1, -0.05) is 6.42 Å². The number of methoxy groups -OCH3 is 1. The van der Waals surface area contributed by atoms with E-state index in [0.717, 1.165) is 19.3 Å². The van der Waals surface area contributed by atoms with E-state index in [1.165, 1.54) is 4.31 Å². The van der Waals surface area contributed by atoms with E-state index < -0.39 is 10.0 Å². The first-order valence-electron chi connectivity index (χ1n) is 6.86. The van der Waals surface area contributed by atoms with Gasteiger partial charge in [0.15, 0.2) is 0 Å². The van der Waals surface area contributed by atoms with E-state index in [0.29, 0.717) is 18.7 Å². The van der Waals surface area contributed by atoms with Gasteiger partial charge in [0.2, 0.25) is 10.0 Å². The monoisotopic (exact) mass is 299 g/mol. The van der Waals surface area contributed by atoms with Crippen LogP contribution < -0.4 is 4.74 Å². The molecular weight excluding hydrogens is 278 g/mol. The summed E-state index contributed by atoms with van der Waals surface area (Å²) in [4.78, 5) is 0.281. The molecule has 1 fully saturated rings. The molecule has 5 nitrogen and oxygen atoms in total. The molecule has 2 rings (SSSR count). The predicted octanol–water partition coefficient (Wildman–Crippen LogP) is 1.62. The van der Waals surface area contributed by atoms with Gasteiger partial charge in [0.05, 0.1) is 12.0 Å². The number of hydrogen-bond donors (Lipinski definition) is 1. The summed E-state index contributed by atoms with van der Waals surface area (Å²) in [6.45, 7) is 0.540. The predicted molar refractivity (Wildman–Crippen MR) is 76.2 cm³/mol. The third kappa shape index (κ3) is 3.13. The molecule has 1 heterocycles. The van der Waals surface area contributed by atoms with Crippen LogP contribution >= 0.6 is 0 Å². The minimum Gasteiger partial charge on any atom is -0.497 e. The van der Waals surface area contributed by atoms with E-state index >= 15 is 0 Å². The van der Waals surface area contributed by atoms with Gasteiger partial charge in [-0.15, -0.1) is 0 Å². The first-order chi connectivity index (χ1) is 9.59. The highest BCUT2D eigenvalue weighted by atomic mass is 32.2. The molecule has 1 aliphatic heterocycles. The normalized spacial score (nSPS) is 20.8. The molecular formula is C14H21NO4S. The first kappa shape index (κ1) is 15.3. The fraction of sp³-hybridized carbons (Fsp3) is 0.571. The third-order valence-corrected chi connectivity index (χ3v) is 5.67. The van der Waals surface area contributed by atoms with Crippen molar-refractivity contribution in [1.82, 2.24) is 4.31 Å². The van der Waals surface area contributed by atoms with Crippen LogP contribution in [-0.2, 0) is 10.0 Å². The molecule has 112 valence electrons. The zero-order chi connectivity index (χ0) is 14.6. The number of piperidine rings is 1. The van der Waals surface area contributed by atoms with Crippen molar-refractivity contribution in [3.8, 4) is 5.75 Å². The smallest absolute Gasteiger partial charge is 0.243 e. The lowest BCUT2D eigenvalue weighted by Crippen LogP contribution is -2.44. The lowest BCUT2D eigenvalue weighted by atomic mass is 10.0. The Kier molecular flexibility index (Phi) is 5.01. The quantitative estimate of drug-likeness (QED) is 0.897. The molecule has 1 atom stereocenters. The van der Waals surface area contributed by atoms with E-state index in [1.807, 2.05) is 0 Å². The first-order valence-corrected chi connectivity index (χ1v) is 8.30. The Labute approximate surface area is 120 Å². The minimum absolute atomic E-state index is 0.0132. The van der Waals surface area contributed by atoms with Crippen molar-refractivity contribution in [2.45, 2.75) is 36.6 Å². The Morgan fingerprint density at radius 2 is 2.00 bits per heavy atom. The van der Waals surface area contributed by atoms with Crippen molar-refractivity contribution in [3.63, 3.8) is 0 Å². The lowest BCUT2D eigenvalue weighted by molar-refractivity contribution is 0.192. The number of aliphatic hydroxyl groups is 1. The van der Waals surface area contributed by atoms with Gasteiger partial charge >= 0.3 is 0 Å². The molecule has 0 aromatic heterocycles. The standard InChI is InChI=1S/C14H21NO4S/c1-19-13-5-7-14(8-6-13)20(17,18)15-10-3-2-4-12(15)9-11-16/h5-8,12,16H,2-4,9-11H2,1H3. The van der Waals surface area contributed by atoms with Crippen LogP contribution in [0.2, 0.25) is 0 Å². The molecule has 1 aromatic carbocycles. The average molecular weight is 299 g/mol. The molecule has 6 heteroatoms. The number of ether oxygens (including phenoxy) is 1. The number of hydrogen-bond acceptors (Lipinski definition) is 4. The number of benzene rings is 1. The lowest BCUT2D eigenvalue weighted by Gasteiger charge is -2.34. The Hall–Kier alpha value is -1.11. The summed E-state index contributed by atoms with van der Waals surface area (Å²) in [6.07, 6.45) is 3.20. The Balaban J connectivity index is 2.26. The summed E-state index contributed by atoms with van der Waals surface area (Å²) in [7, 11) is -1.94. The van der Waals surface area contributed by atoms with Crippen molar-refractivity contribution in [2.24, 2.45) is 0 Å². The average Bonchev–Trinajstić information content (AvgIpc) is 2.48. The summed E-state index contributed by atoms with van der Waals surface area (Å²) in [6, 6.07) is 6.34. The highest BCUT2D eigenvalue weighted by molar-refractivity contribution is 7.89. The second kappa shape index (κ2) is 6.56. The molecule has 0 radical (unpaired) electrons. The molecule has 20 heavy (non-hydrogen) atoms. The molecule has 1 aromatic rings. The van der Waals surface area contributed by atoms with Gasteiger partial charge < -0.3 is 9.84 Å². The minimum atomic E-state index is -3.49. The van der Waals surface area contributed by atoms with Crippen LogP contribution in [-0.4, -0.2) is 44.1 Å². The van der Waals surface area contributed by atoms with Gasteiger partial charge in [-0.3, -0.25) is 0 Å². The van der Waals surface area contributed by atoms with Gasteiger partial charge in [0, 0.05) is 19.2 Å². The molecule has 0 bridgehead atoms. The summed E-state index contributed by atoms with van der Waals surface area (Å²) < 4.78 is 31.9. The zero-order valence-corrected chi connectivity index (χ0v) is 12.5. The van der Waals surface area contributed by atoms with Gasteiger partial charge in [0.25, 0.3) is 0 Å².